The first-order chi connectivity index (χ1) is 12.4. The lowest BCUT2D eigenvalue weighted by Crippen LogP contribution is -2.39. The van der Waals surface area contributed by atoms with Gasteiger partial charge >= 0.3 is 0 Å². The Kier molecular flexibility index (Phi) is 9.54. The van der Waals surface area contributed by atoms with E-state index in [1.165, 1.54) is 82.9 Å². The predicted molar refractivity (Wildman–Crippen MR) is 111 cm³/mol. The molecule has 0 aliphatic carbocycles. The molecule has 0 saturated carbocycles. The molecule has 2 rings (SSSR count). The van der Waals surface area contributed by atoms with Crippen molar-refractivity contribution in [3.05, 3.63) is 42.7 Å². The minimum absolute atomic E-state index is 0.501. The lowest BCUT2D eigenvalue weighted by molar-refractivity contribution is 0.277. The third-order valence-electron chi connectivity index (χ3n) is 5.24. The van der Waals surface area contributed by atoms with Gasteiger partial charge in [0.2, 0.25) is 0 Å². The van der Waals surface area contributed by atoms with Crippen molar-refractivity contribution < 1.29 is 0 Å². The zero-order valence-electron chi connectivity index (χ0n) is 16.5. The Morgan fingerprint density at radius 3 is 2.00 bits per heavy atom. The standard InChI is InChI=1S/C23H38N2/c1-3-5-6-7-8-9-10-11-15-19-24-20-21-25(23(24)16-4-2)22-17-13-12-14-18-22/h12-14,17-18,20-21,23H,3-11,15-16,19H2,1-2H3. The highest BCUT2D eigenvalue weighted by molar-refractivity contribution is 5.51. The van der Waals surface area contributed by atoms with Gasteiger partial charge in [-0.2, -0.15) is 0 Å². The van der Waals surface area contributed by atoms with E-state index in [2.05, 4.69) is 66.4 Å². The van der Waals surface area contributed by atoms with Crippen molar-refractivity contribution in [1.29, 1.82) is 0 Å². The van der Waals surface area contributed by atoms with Crippen molar-refractivity contribution in [3.63, 3.8) is 0 Å². The number of hydrogen-bond donors (Lipinski definition) is 0. The smallest absolute Gasteiger partial charge is 0.105 e. The molecule has 1 unspecified atom stereocenters. The van der Waals surface area contributed by atoms with E-state index in [1.807, 2.05) is 0 Å². The van der Waals surface area contributed by atoms with Gasteiger partial charge in [0.15, 0.2) is 0 Å². The summed E-state index contributed by atoms with van der Waals surface area (Å²) in [4.78, 5) is 5.00. The molecular weight excluding hydrogens is 304 g/mol. The first-order valence-corrected chi connectivity index (χ1v) is 10.6. The summed E-state index contributed by atoms with van der Waals surface area (Å²) in [5, 5.41) is 0. The normalized spacial score (nSPS) is 16.8. The fourth-order valence-corrected chi connectivity index (χ4v) is 3.77. The molecular formula is C23H38N2. The van der Waals surface area contributed by atoms with Crippen LogP contribution in [0.5, 0.6) is 0 Å². The van der Waals surface area contributed by atoms with Gasteiger partial charge in [-0.25, -0.2) is 0 Å². The molecule has 1 aliphatic rings. The summed E-state index contributed by atoms with van der Waals surface area (Å²) < 4.78 is 0. The van der Waals surface area contributed by atoms with E-state index < -0.39 is 0 Å². The third kappa shape index (κ3) is 6.76. The van der Waals surface area contributed by atoms with Gasteiger partial charge < -0.3 is 9.80 Å². The fourth-order valence-electron chi connectivity index (χ4n) is 3.77. The van der Waals surface area contributed by atoms with Crippen LogP contribution in [0.4, 0.5) is 5.69 Å². The maximum Gasteiger partial charge on any atom is 0.105 e. The lowest BCUT2D eigenvalue weighted by Gasteiger charge is -2.32. The van der Waals surface area contributed by atoms with Crippen molar-refractivity contribution in [2.24, 2.45) is 0 Å². The van der Waals surface area contributed by atoms with Crippen molar-refractivity contribution in [2.75, 3.05) is 11.4 Å². The Morgan fingerprint density at radius 2 is 1.36 bits per heavy atom. The summed E-state index contributed by atoms with van der Waals surface area (Å²) in [6.07, 6.45) is 20.1. The average molecular weight is 343 g/mol. The molecule has 0 saturated heterocycles. The largest absolute Gasteiger partial charge is 0.356 e. The Morgan fingerprint density at radius 1 is 0.720 bits per heavy atom. The molecule has 1 atom stereocenters. The first-order valence-electron chi connectivity index (χ1n) is 10.6. The second-order valence-corrected chi connectivity index (χ2v) is 7.38. The summed E-state index contributed by atoms with van der Waals surface area (Å²) in [5.74, 6) is 0. The van der Waals surface area contributed by atoms with E-state index in [0.29, 0.717) is 6.17 Å². The molecule has 1 aromatic rings. The van der Waals surface area contributed by atoms with E-state index in [-0.39, 0.29) is 0 Å². The predicted octanol–water partition coefficient (Wildman–Crippen LogP) is 6.94. The number of hydrogen-bond acceptors (Lipinski definition) is 2. The molecule has 0 spiro atoms. The fraction of sp³-hybridized carbons (Fsp3) is 0.652. The molecule has 0 amide bonds. The Labute approximate surface area is 155 Å². The van der Waals surface area contributed by atoms with Crippen molar-refractivity contribution in [3.8, 4) is 0 Å². The Hall–Kier alpha value is -1.44. The van der Waals surface area contributed by atoms with Crippen molar-refractivity contribution >= 4 is 5.69 Å². The Balaban J connectivity index is 1.67. The van der Waals surface area contributed by atoms with Crippen molar-refractivity contribution in [2.45, 2.75) is 90.6 Å². The second-order valence-electron chi connectivity index (χ2n) is 7.38. The molecule has 0 aromatic heterocycles. The van der Waals surface area contributed by atoms with Gasteiger partial charge in [0.05, 0.1) is 0 Å². The van der Waals surface area contributed by atoms with Crippen LogP contribution in [0.3, 0.4) is 0 Å². The van der Waals surface area contributed by atoms with Crippen LogP contribution in [-0.2, 0) is 0 Å². The molecule has 0 bridgehead atoms. The second kappa shape index (κ2) is 12.0. The van der Waals surface area contributed by atoms with Gasteiger partial charge in [-0.3, -0.25) is 0 Å². The summed E-state index contributed by atoms with van der Waals surface area (Å²) in [6.45, 7) is 5.77. The van der Waals surface area contributed by atoms with Crippen LogP contribution < -0.4 is 4.90 Å². The van der Waals surface area contributed by atoms with E-state index >= 15 is 0 Å². The van der Waals surface area contributed by atoms with Gasteiger partial charge in [0, 0.05) is 24.6 Å². The molecule has 1 aromatic carbocycles. The first kappa shape index (κ1) is 19.9. The summed E-state index contributed by atoms with van der Waals surface area (Å²) in [7, 11) is 0. The molecule has 25 heavy (non-hydrogen) atoms. The summed E-state index contributed by atoms with van der Waals surface area (Å²) >= 11 is 0. The van der Waals surface area contributed by atoms with Crippen LogP contribution in [-0.4, -0.2) is 17.6 Å². The van der Waals surface area contributed by atoms with E-state index in [1.54, 1.807) is 0 Å². The molecule has 0 N–H and O–H groups in total. The van der Waals surface area contributed by atoms with Crippen LogP contribution in [0, 0.1) is 0 Å². The molecule has 1 aliphatic heterocycles. The van der Waals surface area contributed by atoms with Crippen LogP contribution >= 0.6 is 0 Å². The van der Waals surface area contributed by atoms with Gasteiger partial charge in [-0.05, 0) is 25.0 Å². The molecule has 2 nitrogen and oxygen atoms in total. The van der Waals surface area contributed by atoms with Crippen LogP contribution in [0.25, 0.3) is 0 Å². The number of nitrogens with zero attached hydrogens (tertiary/aromatic N) is 2. The quantitative estimate of drug-likeness (QED) is 0.358. The molecule has 0 fully saturated rings. The van der Waals surface area contributed by atoms with E-state index in [9.17, 15) is 0 Å². The van der Waals surface area contributed by atoms with Crippen LogP contribution in [0.2, 0.25) is 0 Å². The van der Waals surface area contributed by atoms with Gasteiger partial charge in [0.1, 0.15) is 6.17 Å². The zero-order chi connectivity index (χ0) is 17.7. The SMILES string of the molecule is CCCCCCCCCCCN1C=CN(c2ccccc2)C1CCC. The van der Waals surface area contributed by atoms with Gasteiger partial charge in [0.25, 0.3) is 0 Å². The molecule has 2 heteroatoms. The topological polar surface area (TPSA) is 6.48 Å². The minimum Gasteiger partial charge on any atom is -0.356 e. The average Bonchev–Trinajstić information content (AvgIpc) is 3.04. The van der Waals surface area contributed by atoms with Crippen molar-refractivity contribution in [1.82, 2.24) is 4.90 Å². The highest BCUT2D eigenvalue weighted by atomic mass is 15.4. The zero-order valence-corrected chi connectivity index (χ0v) is 16.5. The van der Waals surface area contributed by atoms with Crippen LogP contribution in [0.15, 0.2) is 42.7 Å². The highest BCUT2D eigenvalue weighted by Gasteiger charge is 2.25. The number of anilines is 1. The molecule has 0 radical (unpaired) electrons. The minimum atomic E-state index is 0.501. The van der Waals surface area contributed by atoms with E-state index in [0.717, 1.165) is 0 Å². The number of para-hydroxylation sites is 1. The molecule has 140 valence electrons. The number of unbranched alkanes of at least 4 members (excludes halogenated alkanes) is 8. The van der Waals surface area contributed by atoms with Gasteiger partial charge in [-0.1, -0.05) is 89.8 Å². The monoisotopic (exact) mass is 342 g/mol. The van der Waals surface area contributed by atoms with Crippen LogP contribution in [0.1, 0.15) is 84.5 Å². The lowest BCUT2D eigenvalue weighted by atomic mass is 10.1. The van der Waals surface area contributed by atoms with E-state index in [4.69, 9.17) is 0 Å². The van der Waals surface area contributed by atoms with Gasteiger partial charge in [-0.15, -0.1) is 0 Å². The highest BCUT2D eigenvalue weighted by Crippen LogP contribution is 2.27. The maximum absolute atomic E-state index is 2.55. The number of rotatable bonds is 13. The third-order valence-corrected chi connectivity index (χ3v) is 5.24. The number of benzene rings is 1. The maximum atomic E-state index is 2.55. The Bertz CT molecular complexity index is 468. The molecule has 1 heterocycles. The summed E-state index contributed by atoms with van der Waals surface area (Å²) in [6, 6.07) is 10.8. The summed E-state index contributed by atoms with van der Waals surface area (Å²) in [5.41, 5.74) is 1.31.